The summed E-state index contributed by atoms with van der Waals surface area (Å²) in [7, 11) is -10.5. The summed E-state index contributed by atoms with van der Waals surface area (Å²) in [5.74, 6) is -22.0. The van der Waals surface area contributed by atoms with Crippen LogP contribution in [0.5, 0.6) is 17.2 Å². The second kappa shape index (κ2) is 13.6. The van der Waals surface area contributed by atoms with Crippen LogP contribution in [0.1, 0.15) is 53.0 Å². The van der Waals surface area contributed by atoms with E-state index in [0.29, 0.717) is 12.2 Å². The van der Waals surface area contributed by atoms with Gasteiger partial charge in [-0.25, -0.2) is 43.2 Å². The molecule has 0 radical (unpaired) electrons. The Morgan fingerprint density at radius 3 is 1.37 bits per heavy atom. The minimum atomic E-state index is -6.36. The number of sulfone groups is 2. The molecule has 0 aliphatic rings. The second-order valence-corrected chi connectivity index (χ2v) is 15.3. The summed E-state index contributed by atoms with van der Waals surface area (Å²) in [6.07, 6.45) is 0.496. The van der Waals surface area contributed by atoms with Gasteiger partial charge in [-0.05, 0) is 73.7 Å². The van der Waals surface area contributed by atoms with Crippen LogP contribution in [0.4, 0.5) is 35.1 Å². The van der Waals surface area contributed by atoms with Gasteiger partial charge >= 0.3 is 0 Å². The highest BCUT2D eigenvalue weighted by molar-refractivity contribution is 7.91. The van der Waals surface area contributed by atoms with Crippen molar-refractivity contribution in [1.82, 2.24) is 0 Å². The lowest BCUT2D eigenvalue weighted by atomic mass is 9.81. The van der Waals surface area contributed by atoms with Gasteiger partial charge in [0.05, 0.1) is 15.9 Å². The molecule has 264 valence electrons. The zero-order valence-electron chi connectivity index (χ0n) is 26.4. The molecule has 0 bridgehead atoms. The summed E-state index contributed by atoms with van der Waals surface area (Å²) < 4.78 is 183. The Morgan fingerprint density at radius 1 is 0.592 bits per heavy atom. The van der Waals surface area contributed by atoms with Crippen LogP contribution in [0.2, 0.25) is 0 Å². The Labute approximate surface area is 277 Å². The lowest BCUT2D eigenvalue weighted by molar-refractivity contribution is 0.217. The standard InChI is InChI=1S/C33H28F8O6S2/c1-6-16(3)46-17-8-12-19(13-9-17)48(42,43)20-14-10-18(11-15-20)47-30-24(36)28(40)32(29(41)25(30)37)49(44,45)31-26(38)22(34)21(23(35)27(31)39)33(4,5)7-2/h8-16H,6-7H2,1-5H3. The van der Waals surface area contributed by atoms with Gasteiger partial charge in [-0.15, -0.1) is 0 Å². The summed E-state index contributed by atoms with van der Waals surface area (Å²) in [5.41, 5.74) is -2.78. The van der Waals surface area contributed by atoms with Gasteiger partial charge in [0.15, 0.2) is 34.9 Å². The molecule has 0 fully saturated rings. The smallest absolute Gasteiger partial charge is 0.218 e. The van der Waals surface area contributed by atoms with Gasteiger partial charge in [-0.1, -0.05) is 27.7 Å². The summed E-state index contributed by atoms with van der Waals surface area (Å²) in [6.45, 7) is 7.49. The van der Waals surface area contributed by atoms with E-state index in [1.54, 1.807) is 0 Å². The lowest BCUT2D eigenvalue weighted by Crippen LogP contribution is -2.24. The van der Waals surface area contributed by atoms with E-state index >= 15 is 26.3 Å². The lowest BCUT2D eigenvalue weighted by Gasteiger charge is -2.25. The minimum Gasteiger partial charge on any atom is -0.491 e. The molecular weight excluding hydrogens is 708 g/mol. The first-order valence-corrected chi connectivity index (χ1v) is 17.5. The minimum absolute atomic E-state index is 0.0895. The van der Waals surface area contributed by atoms with Gasteiger partial charge < -0.3 is 9.47 Å². The molecule has 1 unspecified atom stereocenters. The summed E-state index contributed by atoms with van der Waals surface area (Å²) in [5, 5.41) is 0. The van der Waals surface area contributed by atoms with Crippen molar-refractivity contribution in [1.29, 1.82) is 0 Å². The molecule has 0 spiro atoms. The SMILES string of the molecule is CCC(C)Oc1ccc(S(=O)(=O)c2ccc(Oc3c(F)c(F)c(S(=O)(=O)c4c(F)c(F)c(C(C)(C)CC)c(F)c4F)c(F)c3F)cc2)cc1. The molecule has 16 heteroatoms. The molecule has 0 saturated heterocycles. The molecule has 0 heterocycles. The van der Waals surface area contributed by atoms with E-state index in [1.165, 1.54) is 45.0 Å². The van der Waals surface area contributed by atoms with Crippen molar-refractivity contribution in [2.75, 3.05) is 0 Å². The number of hydrogen-bond donors (Lipinski definition) is 0. The Bertz CT molecular complexity index is 2080. The van der Waals surface area contributed by atoms with Gasteiger partial charge in [0.1, 0.15) is 21.3 Å². The van der Waals surface area contributed by atoms with Gasteiger partial charge in [0, 0.05) is 5.56 Å². The molecule has 0 aromatic heterocycles. The van der Waals surface area contributed by atoms with Crippen LogP contribution in [0.3, 0.4) is 0 Å². The molecule has 49 heavy (non-hydrogen) atoms. The van der Waals surface area contributed by atoms with Gasteiger partial charge in [0.2, 0.25) is 37.1 Å². The molecule has 0 saturated carbocycles. The maximum Gasteiger partial charge on any atom is 0.218 e. The van der Waals surface area contributed by atoms with Crippen LogP contribution in [0.25, 0.3) is 0 Å². The van der Waals surface area contributed by atoms with E-state index in [0.717, 1.165) is 24.3 Å². The van der Waals surface area contributed by atoms with Gasteiger partial charge in [-0.2, -0.15) is 8.78 Å². The molecule has 4 aromatic rings. The van der Waals surface area contributed by atoms with E-state index in [2.05, 4.69) is 0 Å². The summed E-state index contributed by atoms with van der Waals surface area (Å²) in [6, 6.07) is 9.04. The first-order valence-electron chi connectivity index (χ1n) is 14.5. The fourth-order valence-corrected chi connectivity index (χ4v) is 7.36. The number of hydrogen-bond acceptors (Lipinski definition) is 6. The Hall–Kier alpha value is -4.18. The molecule has 0 aliphatic heterocycles. The van der Waals surface area contributed by atoms with Crippen molar-refractivity contribution in [2.24, 2.45) is 0 Å². The van der Waals surface area contributed by atoms with Crippen molar-refractivity contribution >= 4 is 19.7 Å². The van der Waals surface area contributed by atoms with E-state index in [1.807, 2.05) is 13.8 Å². The zero-order valence-corrected chi connectivity index (χ0v) is 28.0. The third-order valence-corrected chi connectivity index (χ3v) is 11.5. The normalized spacial score (nSPS) is 13.0. The maximum absolute atomic E-state index is 15.1. The van der Waals surface area contributed by atoms with Crippen LogP contribution < -0.4 is 9.47 Å². The Balaban J connectivity index is 1.71. The van der Waals surface area contributed by atoms with Crippen LogP contribution in [-0.2, 0) is 25.1 Å². The van der Waals surface area contributed by atoms with Crippen molar-refractivity contribution in [3.05, 3.63) is 101 Å². The third-order valence-electron chi connectivity index (χ3n) is 7.90. The molecule has 1 atom stereocenters. The average molecular weight is 737 g/mol. The fourth-order valence-electron chi connectivity index (χ4n) is 4.59. The van der Waals surface area contributed by atoms with Gasteiger partial charge in [-0.3, -0.25) is 0 Å². The van der Waals surface area contributed by atoms with Crippen LogP contribution in [0, 0.1) is 46.5 Å². The predicted molar refractivity (Wildman–Crippen MR) is 160 cm³/mol. The zero-order chi connectivity index (χ0) is 36.8. The Morgan fingerprint density at radius 2 is 0.980 bits per heavy atom. The number of halogens is 8. The van der Waals surface area contributed by atoms with Crippen molar-refractivity contribution in [2.45, 2.75) is 78.6 Å². The van der Waals surface area contributed by atoms with E-state index in [9.17, 15) is 25.6 Å². The summed E-state index contributed by atoms with van der Waals surface area (Å²) in [4.78, 5) is -5.58. The van der Waals surface area contributed by atoms with E-state index < -0.39 is 98.5 Å². The highest BCUT2D eigenvalue weighted by Gasteiger charge is 2.42. The molecule has 4 aromatic carbocycles. The molecule has 0 N–H and O–H groups in total. The maximum atomic E-state index is 15.1. The fraction of sp³-hybridized carbons (Fsp3) is 0.273. The monoisotopic (exact) mass is 736 g/mol. The first kappa shape index (κ1) is 37.6. The number of benzene rings is 4. The molecular formula is C33H28F8O6S2. The average Bonchev–Trinajstić information content (AvgIpc) is 3.05. The second-order valence-electron chi connectivity index (χ2n) is 11.5. The molecule has 4 rings (SSSR count). The Kier molecular flexibility index (Phi) is 10.5. The first-order chi connectivity index (χ1) is 22.7. The van der Waals surface area contributed by atoms with Crippen molar-refractivity contribution in [3.8, 4) is 17.2 Å². The summed E-state index contributed by atoms with van der Waals surface area (Å²) >= 11 is 0. The highest BCUT2D eigenvalue weighted by Crippen LogP contribution is 2.42. The van der Waals surface area contributed by atoms with E-state index in [-0.39, 0.29) is 22.3 Å². The van der Waals surface area contributed by atoms with Crippen molar-refractivity contribution < 1.29 is 61.4 Å². The van der Waals surface area contributed by atoms with Crippen molar-refractivity contribution in [3.63, 3.8) is 0 Å². The molecule has 0 amide bonds. The van der Waals surface area contributed by atoms with Crippen LogP contribution >= 0.6 is 0 Å². The van der Waals surface area contributed by atoms with Crippen LogP contribution in [0.15, 0.2) is 68.1 Å². The largest absolute Gasteiger partial charge is 0.491 e. The van der Waals surface area contributed by atoms with Crippen LogP contribution in [-0.4, -0.2) is 22.9 Å². The topological polar surface area (TPSA) is 86.7 Å². The predicted octanol–water partition coefficient (Wildman–Crippen LogP) is 9.12. The highest BCUT2D eigenvalue weighted by atomic mass is 32.2. The third kappa shape index (κ3) is 6.72. The molecule has 6 nitrogen and oxygen atoms in total. The van der Waals surface area contributed by atoms with Gasteiger partial charge in [0.25, 0.3) is 0 Å². The molecule has 0 aliphatic carbocycles. The number of rotatable bonds is 11. The number of ether oxygens (including phenoxy) is 2. The van der Waals surface area contributed by atoms with E-state index in [4.69, 9.17) is 9.47 Å². The quantitative estimate of drug-likeness (QED) is 0.113.